The van der Waals surface area contributed by atoms with Crippen molar-refractivity contribution in [2.24, 2.45) is 22.6 Å². The van der Waals surface area contributed by atoms with Crippen molar-refractivity contribution in [1.82, 2.24) is 0 Å². The summed E-state index contributed by atoms with van der Waals surface area (Å²) in [6.07, 6.45) is 1.20. The highest BCUT2D eigenvalue weighted by molar-refractivity contribution is 5.82. The van der Waals surface area contributed by atoms with Gasteiger partial charge in [0.1, 0.15) is 0 Å². The van der Waals surface area contributed by atoms with E-state index < -0.39 is 0 Å². The van der Waals surface area contributed by atoms with Crippen LogP contribution in [-0.4, -0.2) is 12.4 Å². The number of amidine groups is 1. The van der Waals surface area contributed by atoms with Crippen molar-refractivity contribution in [3.8, 4) is 0 Å². The first-order chi connectivity index (χ1) is 4.20. The summed E-state index contributed by atoms with van der Waals surface area (Å²) < 4.78 is 0. The number of hydrogen-bond acceptors (Lipinski definition) is 2. The number of nitrogens with two attached hydrogens (primary N) is 1. The van der Waals surface area contributed by atoms with Crippen LogP contribution in [0.1, 0.15) is 20.3 Å². The van der Waals surface area contributed by atoms with Gasteiger partial charge in [0.15, 0.2) is 0 Å². The molecule has 0 saturated carbocycles. The molecule has 0 unspecified atom stereocenters. The molecule has 0 aliphatic carbocycles. The number of nitrogens with zero attached hydrogens (tertiary/aromatic N) is 1. The SMILES string of the molecule is C[C@@H]1CN=C(N)[C@@H](C)C1. The first-order valence-electron chi connectivity index (χ1n) is 3.50. The highest BCUT2D eigenvalue weighted by atomic mass is 14.9. The van der Waals surface area contributed by atoms with Crippen LogP contribution in [0.25, 0.3) is 0 Å². The molecule has 1 rings (SSSR count). The van der Waals surface area contributed by atoms with Gasteiger partial charge in [0.05, 0.1) is 5.84 Å². The van der Waals surface area contributed by atoms with Gasteiger partial charge in [0.25, 0.3) is 0 Å². The molecule has 0 spiro atoms. The lowest BCUT2D eigenvalue weighted by Crippen LogP contribution is -2.28. The van der Waals surface area contributed by atoms with Gasteiger partial charge in [-0.25, -0.2) is 0 Å². The van der Waals surface area contributed by atoms with Gasteiger partial charge in [-0.05, 0) is 12.3 Å². The molecule has 1 aliphatic heterocycles. The molecule has 1 aliphatic rings. The molecule has 2 heteroatoms. The van der Waals surface area contributed by atoms with E-state index in [1.807, 2.05) is 0 Å². The molecule has 0 radical (unpaired) electrons. The molecule has 2 nitrogen and oxygen atoms in total. The molecule has 2 atom stereocenters. The fourth-order valence-electron chi connectivity index (χ4n) is 1.22. The topological polar surface area (TPSA) is 38.4 Å². The predicted octanol–water partition coefficient (Wildman–Crippen LogP) is 1.02. The van der Waals surface area contributed by atoms with Crippen LogP contribution in [0, 0.1) is 11.8 Å². The second-order valence-corrected chi connectivity index (χ2v) is 3.01. The van der Waals surface area contributed by atoms with E-state index in [4.69, 9.17) is 5.73 Å². The summed E-state index contributed by atoms with van der Waals surface area (Å²) in [7, 11) is 0. The third kappa shape index (κ3) is 1.44. The van der Waals surface area contributed by atoms with E-state index in [1.54, 1.807) is 0 Å². The van der Waals surface area contributed by atoms with Crippen LogP contribution in [0.3, 0.4) is 0 Å². The first-order valence-corrected chi connectivity index (χ1v) is 3.50. The van der Waals surface area contributed by atoms with Crippen LogP contribution >= 0.6 is 0 Å². The quantitative estimate of drug-likeness (QED) is 0.517. The van der Waals surface area contributed by atoms with E-state index in [9.17, 15) is 0 Å². The van der Waals surface area contributed by atoms with Crippen molar-refractivity contribution >= 4 is 5.84 Å². The number of rotatable bonds is 0. The van der Waals surface area contributed by atoms with Gasteiger partial charge in [0, 0.05) is 12.5 Å². The van der Waals surface area contributed by atoms with Crippen LogP contribution in [0.5, 0.6) is 0 Å². The Morgan fingerprint density at radius 2 is 2.22 bits per heavy atom. The highest BCUT2D eigenvalue weighted by Gasteiger charge is 2.16. The molecule has 1 heterocycles. The summed E-state index contributed by atoms with van der Waals surface area (Å²) >= 11 is 0. The summed E-state index contributed by atoms with van der Waals surface area (Å²) in [5.74, 6) is 2.08. The largest absolute Gasteiger partial charge is 0.387 e. The van der Waals surface area contributed by atoms with Crippen LogP contribution < -0.4 is 5.73 Å². The average molecular weight is 126 g/mol. The molecule has 0 saturated heterocycles. The van der Waals surface area contributed by atoms with Gasteiger partial charge in [-0.15, -0.1) is 0 Å². The lowest BCUT2D eigenvalue weighted by Gasteiger charge is -2.20. The smallest absolute Gasteiger partial charge is 0.0965 e. The maximum absolute atomic E-state index is 5.59. The van der Waals surface area contributed by atoms with Crippen molar-refractivity contribution in [2.75, 3.05) is 6.54 Å². The van der Waals surface area contributed by atoms with Crippen molar-refractivity contribution in [1.29, 1.82) is 0 Å². The predicted molar refractivity (Wildman–Crippen MR) is 39.4 cm³/mol. The van der Waals surface area contributed by atoms with Gasteiger partial charge < -0.3 is 5.73 Å². The van der Waals surface area contributed by atoms with Crippen LogP contribution in [-0.2, 0) is 0 Å². The summed E-state index contributed by atoms with van der Waals surface area (Å²) in [4.78, 5) is 4.19. The van der Waals surface area contributed by atoms with Crippen LogP contribution in [0.15, 0.2) is 4.99 Å². The van der Waals surface area contributed by atoms with E-state index >= 15 is 0 Å². The molecular weight excluding hydrogens is 112 g/mol. The average Bonchev–Trinajstić information content (AvgIpc) is 1.80. The van der Waals surface area contributed by atoms with Crippen molar-refractivity contribution in [3.63, 3.8) is 0 Å². The van der Waals surface area contributed by atoms with Gasteiger partial charge in [-0.2, -0.15) is 0 Å². The molecular formula is C7H14N2. The van der Waals surface area contributed by atoms with E-state index in [2.05, 4.69) is 18.8 Å². The van der Waals surface area contributed by atoms with Crippen molar-refractivity contribution in [2.45, 2.75) is 20.3 Å². The highest BCUT2D eigenvalue weighted by Crippen LogP contribution is 2.16. The standard InChI is InChI=1S/C7H14N2/c1-5-3-6(2)7(8)9-4-5/h5-6H,3-4H2,1-2H3,(H2,8,9)/t5-,6-/m0/s1. The zero-order valence-corrected chi connectivity index (χ0v) is 6.09. The fraction of sp³-hybridized carbons (Fsp3) is 0.857. The summed E-state index contributed by atoms with van der Waals surface area (Å²) in [5.41, 5.74) is 5.59. The molecule has 52 valence electrons. The number of hydrogen-bond donors (Lipinski definition) is 1. The molecule has 0 fully saturated rings. The minimum Gasteiger partial charge on any atom is -0.387 e. The van der Waals surface area contributed by atoms with Crippen molar-refractivity contribution in [3.05, 3.63) is 0 Å². The zero-order valence-electron chi connectivity index (χ0n) is 6.09. The maximum Gasteiger partial charge on any atom is 0.0965 e. The Morgan fingerprint density at radius 3 is 2.67 bits per heavy atom. The Morgan fingerprint density at radius 1 is 1.56 bits per heavy atom. The zero-order chi connectivity index (χ0) is 6.85. The monoisotopic (exact) mass is 126 g/mol. The number of aliphatic imine (C=N–C) groups is 1. The third-order valence-electron chi connectivity index (χ3n) is 1.85. The minimum absolute atomic E-state index is 0.508. The Bertz CT molecular complexity index is 129. The molecule has 0 amide bonds. The first kappa shape index (κ1) is 6.59. The second-order valence-electron chi connectivity index (χ2n) is 3.01. The van der Waals surface area contributed by atoms with Crippen LogP contribution in [0.2, 0.25) is 0 Å². The maximum atomic E-state index is 5.59. The molecule has 0 aromatic rings. The van der Waals surface area contributed by atoms with E-state index in [-0.39, 0.29) is 0 Å². The van der Waals surface area contributed by atoms with E-state index in [0.717, 1.165) is 18.3 Å². The normalized spacial score (nSPS) is 36.0. The molecule has 9 heavy (non-hydrogen) atoms. The summed E-state index contributed by atoms with van der Waals surface area (Å²) in [6, 6.07) is 0. The molecule has 0 aromatic heterocycles. The van der Waals surface area contributed by atoms with E-state index in [1.165, 1.54) is 6.42 Å². The lowest BCUT2D eigenvalue weighted by atomic mass is 9.94. The Labute approximate surface area is 56.2 Å². The van der Waals surface area contributed by atoms with Crippen molar-refractivity contribution < 1.29 is 0 Å². The van der Waals surface area contributed by atoms with E-state index in [0.29, 0.717) is 5.92 Å². The lowest BCUT2D eigenvalue weighted by molar-refractivity contribution is 0.465. The van der Waals surface area contributed by atoms with Gasteiger partial charge in [-0.1, -0.05) is 13.8 Å². The summed E-state index contributed by atoms with van der Waals surface area (Å²) in [5, 5.41) is 0. The van der Waals surface area contributed by atoms with Crippen LogP contribution in [0.4, 0.5) is 0 Å². The van der Waals surface area contributed by atoms with Gasteiger partial charge in [-0.3, -0.25) is 4.99 Å². The molecule has 0 aromatic carbocycles. The second kappa shape index (κ2) is 2.38. The Hall–Kier alpha value is -0.530. The van der Waals surface area contributed by atoms with Gasteiger partial charge >= 0.3 is 0 Å². The molecule has 2 N–H and O–H groups in total. The minimum atomic E-state index is 0.508. The van der Waals surface area contributed by atoms with Gasteiger partial charge in [0.2, 0.25) is 0 Å². The summed E-state index contributed by atoms with van der Waals surface area (Å²) in [6.45, 7) is 5.27. The Balaban J connectivity index is 2.56. The third-order valence-corrected chi connectivity index (χ3v) is 1.85. The molecule has 0 bridgehead atoms. The Kier molecular flexibility index (Phi) is 1.74. The fourth-order valence-corrected chi connectivity index (χ4v) is 1.22.